The third kappa shape index (κ3) is 3.40. The molecule has 2 N–H and O–H groups in total. The molecular formula is C11H16BrNO. The van der Waals surface area contributed by atoms with Gasteiger partial charge in [-0.3, -0.25) is 0 Å². The molecule has 1 aromatic carbocycles. The number of aryl methyl sites for hydroxylation is 1. The van der Waals surface area contributed by atoms with Gasteiger partial charge < -0.3 is 10.4 Å². The maximum Gasteiger partial charge on any atom is 0.0682 e. The van der Waals surface area contributed by atoms with E-state index in [4.69, 9.17) is 5.11 Å². The van der Waals surface area contributed by atoms with Crippen molar-refractivity contribution in [2.75, 3.05) is 13.6 Å². The number of nitrogens with one attached hydrogen (secondary N) is 1. The van der Waals surface area contributed by atoms with Crippen LogP contribution >= 0.6 is 15.9 Å². The van der Waals surface area contributed by atoms with Gasteiger partial charge in [-0.05, 0) is 43.6 Å². The van der Waals surface area contributed by atoms with Crippen molar-refractivity contribution in [1.29, 1.82) is 0 Å². The van der Waals surface area contributed by atoms with Crippen LogP contribution in [-0.2, 0) is 13.0 Å². The summed E-state index contributed by atoms with van der Waals surface area (Å²) < 4.78 is 1.10. The Morgan fingerprint density at radius 2 is 2.21 bits per heavy atom. The molecule has 0 radical (unpaired) electrons. The van der Waals surface area contributed by atoms with Crippen LogP contribution in [0.1, 0.15) is 17.5 Å². The average molecular weight is 258 g/mol. The van der Waals surface area contributed by atoms with Crippen molar-refractivity contribution in [2.24, 2.45) is 0 Å². The Bertz CT molecular complexity index is 289. The number of hydrogen-bond acceptors (Lipinski definition) is 2. The predicted molar refractivity (Wildman–Crippen MR) is 62.3 cm³/mol. The Labute approximate surface area is 93.5 Å². The summed E-state index contributed by atoms with van der Waals surface area (Å²) in [6.45, 7) is 1.14. The van der Waals surface area contributed by atoms with E-state index in [1.807, 2.05) is 19.2 Å². The highest BCUT2D eigenvalue weighted by molar-refractivity contribution is 9.10. The summed E-state index contributed by atoms with van der Waals surface area (Å²) in [5, 5.41) is 12.1. The molecule has 0 aliphatic carbocycles. The SMILES string of the molecule is CNCCCc1ccc(CO)cc1Br. The molecule has 0 spiro atoms. The van der Waals surface area contributed by atoms with Crippen molar-refractivity contribution < 1.29 is 5.11 Å². The number of aliphatic hydroxyl groups is 1. The summed E-state index contributed by atoms with van der Waals surface area (Å²) in [7, 11) is 1.96. The van der Waals surface area contributed by atoms with Gasteiger partial charge in [-0.15, -0.1) is 0 Å². The molecular weight excluding hydrogens is 242 g/mol. The molecule has 0 aromatic heterocycles. The van der Waals surface area contributed by atoms with Gasteiger partial charge in [0.05, 0.1) is 6.61 Å². The van der Waals surface area contributed by atoms with Crippen molar-refractivity contribution >= 4 is 15.9 Å². The van der Waals surface area contributed by atoms with E-state index in [0.29, 0.717) is 0 Å². The fourth-order valence-electron chi connectivity index (χ4n) is 1.35. The fourth-order valence-corrected chi connectivity index (χ4v) is 1.97. The van der Waals surface area contributed by atoms with Gasteiger partial charge in [0.15, 0.2) is 0 Å². The lowest BCUT2D eigenvalue weighted by Gasteiger charge is -2.05. The van der Waals surface area contributed by atoms with Gasteiger partial charge in [-0.2, -0.15) is 0 Å². The lowest BCUT2D eigenvalue weighted by atomic mass is 10.1. The minimum Gasteiger partial charge on any atom is -0.392 e. The van der Waals surface area contributed by atoms with Crippen molar-refractivity contribution in [3.05, 3.63) is 33.8 Å². The predicted octanol–water partition coefficient (Wildman–Crippen LogP) is 2.09. The Kier molecular flexibility index (Phi) is 5.15. The van der Waals surface area contributed by atoms with E-state index in [2.05, 4.69) is 27.3 Å². The van der Waals surface area contributed by atoms with E-state index >= 15 is 0 Å². The van der Waals surface area contributed by atoms with Crippen LogP contribution in [0.4, 0.5) is 0 Å². The molecule has 78 valence electrons. The van der Waals surface area contributed by atoms with Gasteiger partial charge >= 0.3 is 0 Å². The number of benzene rings is 1. The van der Waals surface area contributed by atoms with Crippen LogP contribution < -0.4 is 5.32 Å². The van der Waals surface area contributed by atoms with E-state index in [1.54, 1.807) is 0 Å². The molecule has 14 heavy (non-hydrogen) atoms. The lowest BCUT2D eigenvalue weighted by Crippen LogP contribution is -2.08. The number of halogens is 1. The van der Waals surface area contributed by atoms with Crippen LogP contribution in [0, 0.1) is 0 Å². The van der Waals surface area contributed by atoms with Gasteiger partial charge in [-0.25, -0.2) is 0 Å². The zero-order valence-electron chi connectivity index (χ0n) is 8.39. The Morgan fingerprint density at radius 3 is 2.79 bits per heavy atom. The minimum absolute atomic E-state index is 0.107. The molecule has 0 amide bonds. The van der Waals surface area contributed by atoms with Crippen LogP contribution in [0.3, 0.4) is 0 Å². The summed E-state index contributed by atoms with van der Waals surface area (Å²) in [5.41, 5.74) is 2.26. The number of rotatable bonds is 5. The first-order chi connectivity index (χ1) is 6.77. The van der Waals surface area contributed by atoms with E-state index < -0.39 is 0 Å². The molecule has 0 aliphatic rings. The topological polar surface area (TPSA) is 32.3 Å². The first-order valence-corrected chi connectivity index (χ1v) is 5.60. The van der Waals surface area contributed by atoms with Crippen LogP contribution in [0.5, 0.6) is 0 Å². The summed E-state index contributed by atoms with van der Waals surface area (Å²) >= 11 is 3.51. The number of aliphatic hydroxyl groups excluding tert-OH is 1. The van der Waals surface area contributed by atoms with Crippen molar-refractivity contribution in [1.82, 2.24) is 5.32 Å². The Balaban J connectivity index is 2.59. The second-order valence-corrected chi connectivity index (χ2v) is 4.15. The first-order valence-electron chi connectivity index (χ1n) is 4.80. The largest absolute Gasteiger partial charge is 0.392 e. The highest BCUT2D eigenvalue weighted by Gasteiger charge is 2.00. The second kappa shape index (κ2) is 6.17. The molecule has 1 rings (SSSR count). The van der Waals surface area contributed by atoms with E-state index in [9.17, 15) is 0 Å². The first kappa shape index (κ1) is 11.7. The van der Waals surface area contributed by atoms with Crippen molar-refractivity contribution in [2.45, 2.75) is 19.4 Å². The van der Waals surface area contributed by atoms with Crippen LogP contribution in [0.25, 0.3) is 0 Å². The number of hydrogen-bond donors (Lipinski definition) is 2. The van der Waals surface area contributed by atoms with Gasteiger partial charge in [0.2, 0.25) is 0 Å². The van der Waals surface area contributed by atoms with Crippen molar-refractivity contribution in [3.63, 3.8) is 0 Å². The van der Waals surface area contributed by atoms with E-state index in [1.165, 1.54) is 5.56 Å². The third-order valence-electron chi connectivity index (χ3n) is 2.17. The molecule has 0 saturated heterocycles. The van der Waals surface area contributed by atoms with E-state index in [0.717, 1.165) is 29.4 Å². The summed E-state index contributed by atoms with van der Waals surface area (Å²) in [5.74, 6) is 0. The molecule has 3 heteroatoms. The molecule has 0 aliphatic heterocycles. The highest BCUT2D eigenvalue weighted by Crippen LogP contribution is 2.19. The molecule has 1 aromatic rings. The fraction of sp³-hybridized carbons (Fsp3) is 0.455. The monoisotopic (exact) mass is 257 g/mol. The normalized spacial score (nSPS) is 10.5. The van der Waals surface area contributed by atoms with Crippen LogP contribution in [0.15, 0.2) is 22.7 Å². The highest BCUT2D eigenvalue weighted by atomic mass is 79.9. The molecule has 2 nitrogen and oxygen atoms in total. The molecule has 0 heterocycles. The maximum atomic E-state index is 8.94. The summed E-state index contributed by atoms with van der Waals surface area (Å²) in [6.07, 6.45) is 2.20. The molecule has 0 fully saturated rings. The summed E-state index contributed by atoms with van der Waals surface area (Å²) in [4.78, 5) is 0. The second-order valence-electron chi connectivity index (χ2n) is 3.29. The average Bonchev–Trinajstić information content (AvgIpc) is 2.20. The van der Waals surface area contributed by atoms with E-state index in [-0.39, 0.29) is 6.61 Å². The lowest BCUT2D eigenvalue weighted by molar-refractivity contribution is 0.281. The Morgan fingerprint density at radius 1 is 1.43 bits per heavy atom. The zero-order chi connectivity index (χ0) is 10.4. The zero-order valence-corrected chi connectivity index (χ0v) is 9.97. The quantitative estimate of drug-likeness (QED) is 0.793. The van der Waals surface area contributed by atoms with Gasteiger partial charge in [0.25, 0.3) is 0 Å². The maximum absolute atomic E-state index is 8.94. The Hall–Kier alpha value is -0.380. The van der Waals surface area contributed by atoms with Crippen LogP contribution in [0.2, 0.25) is 0 Å². The standard InChI is InChI=1S/C11H16BrNO/c1-13-6-2-3-10-5-4-9(8-14)7-11(10)12/h4-5,7,13-14H,2-3,6,8H2,1H3. The van der Waals surface area contributed by atoms with Gasteiger partial charge in [0, 0.05) is 4.47 Å². The van der Waals surface area contributed by atoms with Crippen molar-refractivity contribution in [3.8, 4) is 0 Å². The summed E-state index contributed by atoms with van der Waals surface area (Å²) in [6, 6.07) is 6.03. The molecule has 0 unspecified atom stereocenters. The minimum atomic E-state index is 0.107. The van der Waals surface area contributed by atoms with Gasteiger partial charge in [0.1, 0.15) is 0 Å². The van der Waals surface area contributed by atoms with Gasteiger partial charge in [-0.1, -0.05) is 28.1 Å². The molecule has 0 bridgehead atoms. The molecule has 0 saturated carbocycles. The molecule has 0 atom stereocenters. The van der Waals surface area contributed by atoms with Crippen LogP contribution in [-0.4, -0.2) is 18.7 Å². The third-order valence-corrected chi connectivity index (χ3v) is 2.91. The smallest absolute Gasteiger partial charge is 0.0682 e.